The van der Waals surface area contributed by atoms with E-state index in [9.17, 15) is 42.9 Å². The van der Waals surface area contributed by atoms with E-state index in [1.54, 1.807) is 0 Å². The fraction of sp³-hybridized carbons (Fsp3) is 0.500. The molecule has 0 aromatic rings. The number of hydrogen-bond acceptors (Lipinski definition) is 3. The van der Waals surface area contributed by atoms with Gasteiger partial charge < -0.3 is 4.74 Å². The Kier molecular flexibility index (Phi) is 6.49. The summed E-state index contributed by atoms with van der Waals surface area (Å²) in [5.74, 6) is 0. The second-order valence-corrected chi connectivity index (χ2v) is 2.79. The molecule has 0 atom stereocenters. The van der Waals surface area contributed by atoms with Gasteiger partial charge in [0.1, 0.15) is 0 Å². The van der Waals surface area contributed by atoms with Gasteiger partial charge in [-0.25, -0.2) is 0 Å². The molecule has 18 heavy (non-hydrogen) atoms. The third-order valence-corrected chi connectivity index (χ3v) is 0.696. The average molecular weight is 318 g/mol. The molecule has 0 aliphatic rings. The van der Waals surface area contributed by atoms with E-state index in [0.717, 1.165) is 0 Å². The van der Waals surface area contributed by atoms with E-state index in [0.29, 0.717) is 0 Å². The lowest BCUT2D eigenvalue weighted by atomic mass is 10.6. The van der Waals surface area contributed by atoms with Crippen molar-refractivity contribution in [3.8, 4) is 0 Å². The van der Waals surface area contributed by atoms with Gasteiger partial charge in [0.15, 0.2) is 0 Å². The Morgan fingerprint density at radius 1 is 0.889 bits per heavy atom. The highest BCUT2D eigenvalue weighted by Gasteiger charge is 2.62. The normalized spacial score (nSPS) is 12.3. The maximum atomic E-state index is 11.6. The largest absolute Gasteiger partial charge is 0.500 e. The van der Waals surface area contributed by atoms with Gasteiger partial charge in [-0.1, -0.05) is 7.77 Å². The summed E-state index contributed by atoms with van der Waals surface area (Å²) in [6.45, 7) is 0. The first-order valence-electron chi connectivity index (χ1n) is 3.06. The lowest BCUT2D eigenvalue weighted by Gasteiger charge is -2.17. The third kappa shape index (κ3) is 9.98. The van der Waals surface area contributed by atoms with Gasteiger partial charge in [-0.05, 0) is 0 Å². The Balaban J connectivity index is 0. The van der Waals surface area contributed by atoms with Gasteiger partial charge >= 0.3 is 35.0 Å². The van der Waals surface area contributed by atoms with E-state index < -0.39 is 35.0 Å². The lowest BCUT2D eigenvalue weighted by Crippen LogP contribution is -2.38. The highest BCUT2D eigenvalue weighted by Crippen LogP contribution is 2.38. The predicted molar refractivity (Wildman–Crippen MR) is 33.6 cm³/mol. The molecule has 0 fully saturated rings. The molecular weight excluding hydrogens is 318 g/mol. The summed E-state index contributed by atoms with van der Waals surface area (Å²) in [7, 11) is -5.67. The Morgan fingerprint density at radius 2 is 1.17 bits per heavy atom. The van der Waals surface area contributed by atoms with Crippen LogP contribution in [0.1, 0.15) is 0 Å². The molecule has 0 saturated heterocycles. The van der Waals surface area contributed by atoms with Crippen LogP contribution in [-0.4, -0.2) is 20.7 Å². The Hall–Kier alpha value is -1.21. The molecule has 0 bridgehead atoms. The van der Waals surface area contributed by atoms with E-state index in [4.69, 9.17) is 8.42 Å². The standard InChI is InChI=1S/C4F8O.F2O2S/c5-1(6)2(7)13-4(11,12)3(8,9)10;1-5(2,3)4. The molecule has 0 aromatic heterocycles. The molecule has 0 aliphatic carbocycles. The second kappa shape index (κ2) is 6.10. The lowest BCUT2D eigenvalue weighted by molar-refractivity contribution is -0.385. The molecular formula is C4F10O3S. The van der Waals surface area contributed by atoms with E-state index >= 15 is 0 Å². The molecule has 0 N–H and O–H groups in total. The summed E-state index contributed by atoms with van der Waals surface area (Å²) in [5.41, 5.74) is 0. The van der Waals surface area contributed by atoms with Gasteiger partial charge in [0.25, 0.3) is 0 Å². The van der Waals surface area contributed by atoms with E-state index in [-0.39, 0.29) is 0 Å². The molecule has 0 aromatic carbocycles. The van der Waals surface area contributed by atoms with E-state index in [2.05, 4.69) is 4.74 Å². The van der Waals surface area contributed by atoms with Crippen LogP contribution in [-0.2, 0) is 15.3 Å². The highest BCUT2D eigenvalue weighted by molar-refractivity contribution is 7.81. The van der Waals surface area contributed by atoms with Crippen LogP contribution in [0, 0.1) is 0 Å². The summed E-state index contributed by atoms with van der Waals surface area (Å²) in [6, 6.07) is -3.26. The molecule has 110 valence electrons. The third-order valence-electron chi connectivity index (χ3n) is 0.696. The molecule has 0 rings (SSSR count). The van der Waals surface area contributed by atoms with Crippen LogP contribution in [0.4, 0.5) is 42.9 Å². The van der Waals surface area contributed by atoms with Crippen molar-refractivity contribution >= 4 is 10.6 Å². The van der Waals surface area contributed by atoms with Crippen molar-refractivity contribution in [2.75, 3.05) is 0 Å². The SMILES string of the molecule is FC(F)=C(F)OC(F)(F)C(F)(F)F.O=S(=O)(F)F. The van der Waals surface area contributed by atoms with Crippen molar-refractivity contribution in [1.82, 2.24) is 0 Å². The minimum absolute atomic E-state index is 2.07. The first-order valence-corrected chi connectivity index (χ1v) is 4.35. The zero-order valence-corrected chi connectivity index (χ0v) is 8.23. The number of hydrogen-bond donors (Lipinski definition) is 0. The molecule has 3 nitrogen and oxygen atoms in total. The van der Waals surface area contributed by atoms with Gasteiger partial charge in [-0.15, -0.1) is 0 Å². The maximum Gasteiger partial charge on any atom is 0.500 e. The molecule has 0 aliphatic heterocycles. The van der Waals surface area contributed by atoms with Crippen LogP contribution < -0.4 is 0 Å². The van der Waals surface area contributed by atoms with E-state index in [1.165, 1.54) is 0 Å². The number of alkyl halides is 5. The average Bonchev–Trinajstić information content (AvgIpc) is 1.96. The Morgan fingerprint density at radius 3 is 1.33 bits per heavy atom. The smallest absolute Gasteiger partial charge is 0.395 e. The quantitative estimate of drug-likeness (QED) is 0.445. The monoisotopic (exact) mass is 318 g/mol. The Bertz CT molecular complexity index is 382. The molecule has 14 heteroatoms. The summed E-state index contributed by atoms with van der Waals surface area (Å²) in [4.78, 5) is 0. The van der Waals surface area contributed by atoms with Crippen LogP contribution in [0.25, 0.3) is 0 Å². The molecule has 0 saturated carbocycles. The predicted octanol–water partition coefficient (Wildman–Crippen LogP) is 3.36. The van der Waals surface area contributed by atoms with Crippen LogP contribution in [0.5, 0.6) is 0 Å². The van der Waals surface area contributed by atoms with Crippen molar-refractivity contribution in [2.45, 2.75) is 12.3 Å². The minimum Gasteiger partial charge on any atom is -0.395 e. The zero-order valence-electron chi connectivity index (χ0n) is 7.41. The minimum atomic E-state index is -6.25. The van der Waals surface area contributed by atoms with Gasteiger partial charge in [-0.3, -0.25) is 0 Å². The van der Waals surface area contributed by atoms with E-state index in [1.807, 2.05) is 0 Å². The van der Waals surface area contributed by atoms with Crippen LogP contribution >= 0.6 is 0 Å². The number of rotatable bonds is 2. The first kappa shape index (κ1) is 19.1. The van der Waals surface area contributed by atoms with Gasteiger partial charge in [0.05, 0.1) is 0 Å². The second-order valence-electron chi connectivity index (χ2n) is 2.03. The fourth-order valence-electron chi connectivity index (χ4n) is 0.209. The molecule has 0 heterocycles. The van der Waals surface area contributed by atoms with Gasteiger partial charge in [0.2, 0.25) is 0 Å². The first-order chi connectivity index (χ1) is 7.58. The van der Waals surface area contributed by atoms with Crippen LogP contribution in [0.15, 0.2) is 12.1 Å². The summed E-state index contributed by atoms with van der Waals surface area (Å²) >= 11 is 0. The molecule has 0 spiro atoms. The maximum absolute atomic E-state index is 11.6. The summed E-state index contributed by atoms with van der Waals surface area (Å²) < 4.78 is 129. The van der Waals surface area contributed by atoms with Crippen molar-refractivity contribution in [3.05, 3.63) is 12.1 Å². The zero-order chi connectivity index (χ0) is 15.4. The van der Waals surface area contributed by atoms with Crippen LogP contribution in [0.3, 0.4) is 0 Å². The van der Waals surface area contributed by atoms with Crippen molar-refractivity contribution < 1.29 is 56.0 Å². The van der Waals surface area contributed by atoms with Gasteiger partial charge in [-0.2, -0.15) is 43.5 Å². The van der Waals surface area contributed by atoms with Crippen molar-refractivity contribution in [1.29, 1.82) is 0 Å². The van der Waals surface area contributed by atoms with Crippen molar-refractivity contribution in [2.24, 2.45) is 0 Å². The fourth-order valence-corrected chi connectivity index (χ4v) is 0.209. The Labute approximate surface area is 92.1 Å². The molecule has 0 unspecified atom stereocenters. The summed E-state index contributed by atoms with van der Waals surface area (Å²) in [5, 5.41) is 0. The molecule has 0 amide bonds. The van der Waals surface area contributed by atoms with Crippen LogP contribution in [0.2, 0.25) is 0 Å². The van der Waals surface area contributed by atoms with Crippen molar-refractivity contribution in [3.63, 3.8) is 0 Å². The van der Waals surface area contributed by atoms with Gasteiger partial charge in [0, 0.05) is 0 Å². The number of halogens is 10. The highest BCUT2D eigenvalue weighted by atomic mass is 32.3. The topological polar surface area (TPSA) is 43.4 Å². The summed E-state index contributed by atoms with van der Waals surface area (Å²) in [6.07, 6.45) is -15.6. The number of ether oxygens (including phenoxy) is 1. The molecule has 0 radical (unpaired) electrons.